The fourth-order valence-corrected chi connectivity index (χ4v) is 4.33. The summed E-state index contributed by atoms with van der Waals surface area (Å²) in [6, 6.07) is 12.5. The Bertz CT molecular complexity index is 1060. The van der Waals surface area contributed by atoms with Crippen molar-refractivity contribution in [3.8, 4) is 5.69 Å². The molecule has 1 aromatic heterocycles. The molecule has 3 rings (SSSR count). The summed E-state index contributed by atoms with van der Waals surface area (Å²) in [5.41, 5.74) is 2.30. The molecule has 0 fully saturated rings. The van der Waals surface area contributed by atoms with E-state index in [-0.39, 0.29) is 12.2 Å². The van der Waals surface area contributed by atoms with Gasteiger partial charge in [0.1, 0.15) is 5.78 Å². The van der Waals surface area contributed by atoms with Gasteiger partial charge in [-0.05, 0) is 37.3 Å². The predicted molar refractivity (Wildman–Crippen MR) is 117 cm³/mol. The maximum absolute atomic E-state index is 12.7. The molecule has 0 spiro atoms. The van der Waals surface area contributed by atoms with Crippen LogP contribution in [0.5, 0.6) is 0 Å². The van der Waals surface area contributed by atoms with Gasteiger partial charge in [0.25, 0.3) is 0 Å². The summed E-state index contributed by atoms with van der Waals surface area (Å²) in [5, 5.41) is 12.2. The topological polar surface area (TPSA) is 72.2 Å². The number of fused-ring (bicyclic) bond motifs is 1. The second kappa shape index (κ2) is 8.41. The maximum Gasteiger partial charge on any atom is 0.306 e. The van der Waals surface area contributed by atoms with Gasteiger partial charge in [0.15, 0.2) is 5.16 Å². The van der Waals surface area contributed by atoms with Crippen molar-refractivity contribution in [1.82, 2.24) is 9.55 Å². The van der Waals surface area contributed by atoms with Gasteiger partial charge in [-0.2, -0.15) is 0 Å². The highest BCUT2D eigenvalue weighted by Gasteiger charge is 2.33. The molecule has 1 atom stereocenters. The molecule has 3 aromatic rings. The standard InChI is InChI=1S/C23H26N2O3S/c1-5-16-10-11-19(18-9-7-6-8-17(16)18)25-13-12-24-22(25)29-23(3,4)20(26)14-15(2)21(27)28/h6-13,15H,5,14H2,1-4H3,(H,27,28). The summed E-state index contributed by atoms with van der Waals surface area (Å²) >= 11 is 1.36. The van der Waals surface area contributed by atoms with Gasteiger partial charge < -0.3 is 5.11 Å². The van der Waals surface area contributed by atoms with E-state index in [4.69, 9.17) is 5.11 Å². The molecule has 0 saturated heterocycles. The molecule has 5 nitrogen and oxygen atoms in total. The van der Waals surface area contributed by atoms with E-state index in [1.807, 2.05) is 36.7 Å². The largest absolute Gasteiger partial charge is 0.481 e. The number of Topliss-reactive ketones (excluding diaryl/α,β-unsaturated/α-hetero) is 1. The third-order valence-electron chi connectivity index (χ3n) is 5.17. The van der Waals surface area contributed by atoms with Crippen molar-refractivity contribution in [2.24, 2.45) is 5.92 Å². The SMILES string of the molecule is CCc1ccc(-n2ccnc2SC(C)(C)C(=O)CC(C)C(=O)O)c2ccccc12. The Morgan fingerprint density at radius 1 is 1.17 bits per heavy atom. The van der Waals surface area contributed by atoms with Crippen LogP contribution in [0.4, 0.5) is 0 Å². The number of carbonyl (C=O) groups is 2. The molecule has 0 aliphatic heterocycles. The highest BCUT2D eigenvalue weighted by Crippen LogP contribution is 2.36. The quantitative estimate of drug-likeness (QED) is 0.521. The molecular formula is C23H26N2O3S. The fraction of sp³-hybridized carbons (Fsp3) is 0.348. The summed E-state index contributed by atoms with van der Waals surface area (Å²) in [5.74, 6) is -1.76. The highest BCUT2D eigenvalue weighted by molar-refractivity contribution is 8.01. The molecule has 0 amide bonds. The van der Waals surface area contributed by atoms with Crippen LogP contribution in [-0.2, 0) is 16.0 Å². The van der Waals surface area contributed by atoms with E-state index in [1.54, 1.807) is 13.1 Å². The zero-order valence-corrected chi connectivity index (χ0v) is 18.0. The lowest BCUT2D eigenvalue weighted by Gasteiger charge is -2.23. The minimum atomic E-state index is -0.955. The Morgan fingerprint density at radius 2 is 1.86 bits per heavy atom. The molecular weight excluding hydrogens is 384 g/mol. The monoisotopic (exact) mass is 410 g/mol. The number of carboxylic acids is 1. The van der Waals surface area contributed by atoms with Gasteiger partial charge in [-0.15, -0.1) is 0 Å². The molecule has 0 radical (unpaired) electrons. The van der Waals surface area contributed by atoms with E-state index in [2.05, 4.69) is 36.2 Å². The van der Waals surface area contributed by atoms with Crippen LogP contribution in [0.15, 0.2) is 53.9 Å². The van der Waals surface area contributed by atoms with Crippen molar-refractivity contribution < 1.29 is 14.7 Å². The van der Waals surface area contributed by atoms with Gasteiger partial charge in [0, 0.05) is 24.2 Å². The number of ketones is 1. The average Bonchev–Trinajstić information content (AvgIpc) is 3.13. The number of thioether (sulfide) groups is 1. The first-order valence-corrected chi connectivity index (χ1v) is 10.6. The first-order valence-electron chi connectivity index (χ1n) is 9.74. The van der Waals surface area contributed by atoms with Crippen LogP contribution in [0.2, 0.25) is 0 Å². The van der Waals surface area contributed by atoms with Crippen molar-refractivity contribution in [3.63, 3.8) is 0 Å². The molecule has 152 valence electrons. The lowest BCUT2D eigenvalue weighted by molar-refractivity contribution is -0.143. The Hall–Kier alpha value is -2.60. The second-order valence-corrected chi connectivity index (χ2v) is 9.29. The van der Waals surface area contributed by atoms with Gasteiger partial charge in [-0.3, -0.25) is 14.2 Å². The van der Waals surface area contributed by atoms with Crippen LogP contribution in [-0.4, -0.2) is 31.2 Å². The number of rotatable bonds is 8. The zero-order chi connectivity index (χ0) is 21.2. The van der Waals surface area contributed by atoms with Crippen molar-refractivity contribution in [2.45, 2.75) is 50.4 Å². The van der Waals surface area contributed by atoms with E-state index in [1.165, 1.54) is 22.7 Å². The van der Waals surface area contributed by atoms with Gasteiger partial charge >= 0.3 is 5.97 Å². The molecule has 0 aliphatic rings. The van der Waals surface area contributed by atoms with E-state index in [0.29, 0.717) is 5.16 Å². The molecule has 2 aromatic carbocycles. The van der Waals surface area contributed by atoms with Crippen molar-refractivity contribution in [3.05, 3.63) is 54.4 Å². The van der Waals surface area contributed by atoms with Crippen LogP contribution in [0.3, 0.4) is 0 Å². The summed E-state index contributed by atoms with van der Waals surface area (Å²) in [6.45, 7) is 7.35. The number of aromatic nitrogens is 2. The number of carboxylic acid groups (broad SMARTS) is 1. The van der Waals surface area contributed by atoms with E-state index in [0.717, 1.165) is 17.5 Å². The second-order valence-electron chi connectivity index (χ2n) is 7.70. The predicted octanol–water partition coefficient (Wildman–Crippen LogP) is 5.14. The molecule has 6 heteroatoms. The van der Waals surface area contributed by atoms with Gasteiger partial charge in [-0.1, -0.05) is 55.9 Å². The number of carbonyl (C=O) groups excluding carboxylic acids is 1. The zero-order valence-electron chi connectivity index (χ0n) is 17.2. The van der Waals surface area contributed by atoms with Crippen LogP contribution < -0.4 is 0 Å². The van der Waals surface area contributed by atoms with Crippen molar-refractivity contribution in [1.29, 1.82) is 0 Å². The first-order chi connectivity index (χ1) is 13.7. The van der Waals surface area contributed by atoms with E-state index in [9.17, 15) is 9.59 Å². The number of hydrogen-bond acceptors (Lipinski definition) is 4. The average molecular weight is 411 g/mol. The summed E-state index contributed by atoms with van der Waals surface area (Å²) < 4.78 is 1.22. The molecule has 0 saturated carbocycles. The Kier molecular flexibility index (Phi) is 6.13. The molecule has 29 heavy (non-hydrogen) atoms. The van der Waals surface area contributed by atoms with E-state index < -0.39 is 16.6 Å². The fourth-order valence-electron chi connectivity index (χ4n) is 3.31. The van der Waals surface area contributed by atoms with Crippen LogP contribution in [0.25, 0.3) is 16.5 Å². The summed E-state index contributed by atoms with van der Waals surface area (Å²) in [6.07, 6.45) is 4.58. The lowest BCUT2D eigenvalue weighted by Crippen LogP contribution is -2.31. The first kappa shape index (κ1) is 21.1. The Morgan fingerprint density at radius 3 is 2.52 bits per heavy atom. The number of nitrogens with zero attached hydrogens (tertiary/aromatic N) is 2. The van der Waals surface area contributed by atoms with Gasteiger partial charge in [0.05, 0.1) is 16.4 Å². The van der Waals surface area contributed by atoms with Crippen LogP contribution >= 0.6 is 11.8 Å². The Balaban J connectivity index is 1.95. The summed E-state index contributed by atoms with van der Waals surface area (Å²) in [4.78, 5) is 28.3. The van der Waals surface area contributed by atoms with Gasteiger partial charge in [-0.25, -0.2) is 4.98 Å². The third kappa shape index (κ3) is 4.37. The van der Waals surface area contributed by atoms with Crippen molar-refractivity contribution in [2.75, 3.05) is 0 Å². The molecule has 0 aliphatic carbocycles. The van der Waals surface area contributed by atoms with Gasteiger partial charge in [0.2, 0.25) is 0 Å². The molecule has 1 heterocycles. The number of imidazole rings is 1. The molecule has 1 N–H and O–H groups in total. The highest BCUT2D eigenvalue weighted by atomic mass is 32.2. The van der Waals surface area contributed by atoms with Crippen molar-refractivity contribution >= 4 is 34.3 Å². The third-order valence-corrected chi connectivity index (χ3v) is 6.39. The van der Waals surface area contributed by atoms with Crippen LogP contribution in [0, 0.1) is 5.92 Å². The Labute approximate surface area is 175 Å². The number of hydrogen-bond donors (Lipinski definition) is 1. The van der Waals surface area contributed by atoms with E-state index >= 15 is 0 Å². The minimum absolute atomic E-state index is 0.00414. The number of benzene rings is 2. The number of aryl methyl sites for hydroxylation is 1. The molecule has 0 bridgehead atoms. The number of aliphatic carboxylic acids is 1. The molecule has 1 unspecified atom stereocenters. The summed E-state index contributed by atoms with van der Waals surface area (Å²) in [7, 11) is 0. The van der Waals surface area contributed by atoms with Crippen LogP contribution in [0.1, 0.15) is 39.7 Å². The smallest absolute Gasteiger partial charge is 0.306 e. The normalized spacial score (nSPS) is 12.8. The lowest BCUT2D eigenvalue weighted by atomic mass is 9.97. The maximum atomic E-state index is 12.7. The minimum Gasteiger partial charge on any atom is -0.481 e.